The minimum absolute atomic E-state index is 0.203. The van der Waals surface area contributed by atoms with E-state index < -0.39 is 0 Å². The Morgan fingerprint density at radius 2 is 1.67 bits per heavy atom. The molecule has 3 heterocycles. The number of nitrogens with zero attached hydrogens (tertiary/aromatic N) is 4. The van der Waals surface area contributed by atoms with Crippen LogP contribution in [-0.4, -0.2) is 21.7 Å². The third kappa shape index (κ3) is 3.44. The number of fused-ring (bicyclic) bond motifs is 1. The van der Waals surface area contributed by atoms with Crippen molar-refractivity contribution in [2.45, 2.75) is 0 Å². The van der Waals surface area contributed by atoms with Crippen molar-refractivity contribution in [2.24, 2.45) is 4.99 Å². The zero-order valence-electron chi connectivity index (χ0n) is 15.8. The fourth-order valence-corrected chi connectivity index (χ4v) is 4.08. The molecule has 0 saturated heterocycles. The molecule has 2 aromatic carbocycles. The van der Waals surface area contributed by atoms with Gasteiger partial charge in [-0.05, 0) is 23.8 Å². The van der Waals surface area contributed by atoms with E-state index in [1.54, 1.807) is 17.2 Å². The third-order valence-corrected chi connectivity index (χ3v) is 5.57. The molecule has 0 radical (unpaired) electrons. The van der Waals surface area contributed by atoms with Crippen molar-refractivity contribution < 1.29 is 4.79 Å². The van der Waals surface area contributed by atoms with Crippen LogP contribution >= 0.6 is 11.3 Å². The molecule has 0 bridgehead atoms. The number of pyridine rings is 1. The Hall–Kier alpha value is -3.90. The molecule has 0 unspecified atom stereocenters. The monoisotopic (exact) mass is 408 g/mol. The molecule has 144 valence electrons. The van der Waals surface area contributed by atoms with Crippen molar-refractivity contribution in [3.8, 4) is 0 Å². The number of carbonyl (C=O) groups excluding carboxylic acids is 1. The SMILES string of the molecule is O=C1C(=CC=Cc2ccccc2)N=C(c2ccccc2)N1c1nc2ncccc2s1. The van der Waals surface area contributed by atoms with E-state index in [0.717, 1.165) is 15.8 Å². The average molecular weight is 408 g/mol. The van der Waals surface area contributed by atoms with Gasteiger partial charge in [0, 0.05) is 11.8 Å². The molecule has 0 fully saturated rings. The Labute approximate surface area is 177 Å². The van der Waals surface area contributed by atoms with E-state index >= 15 is 0 Å². The molecule has 1 aliphatic rings. The number of anilines is 1. The van der Waals surface area contributed by atoms with E-state index in [1.165, 1.54) is 11.3 Å². The number of amidine groups is 1. The highest BCUT2D eigenvalue weighted by atomic mass is 32.1. The quantitative estimate of drug-likeness (QED) is 0.442. The molecular weight excluding hydrogens is 392 g/mol. The minimum atomic E-state index is -0.203. The van der Waals surface area contributed by atoms with E-state index in [0.29, 0.717) is 22.3 Å². The van der Waals surface area contributed by atoms with Gasteiger partial charge in [-0.15, -0.1) is 0 Å². The number of hydrogen-bond donors (Lipinski definition) is 0. The maximum atomic E-state index is 13.3. The summed E-state index contributed by atoms with van der Waals surface area (Å²) in [6.07, 6.45) is 7.23. The number of allylic oxidation sites excluding steroid dienone is 2. The van der Waals surface area contributed by atoms with E-state index in [4.69, 9.17) is 0 Å². The summed E-state index contributed by atoms with van der Waals surface area (Å²) in [5, 5.41) is 0.562. The second kappa shape index (κ2) is 7.85. The molecule has 0 spiro atoms. The fraction of sp³-hybridized carbons (Fsp3) is 0. The van der Waals surface area contributed by atoms with Crippen LogP contribution < -0.4 is 4.90 Å². The van der Waals surface area contributed by atoms with Crippen molar-refractivity contribution >= 4 is 44.6 Å². The standard InChI is InChI=1S/C24H16N4OS/c29-23-19(14-7-11-17-9-3-1-4-10-17)26-22(18-12-5-2-6-13-18)28(23)24-27-21-20(30-24)15-8-16-25-21/h1-16H. The lowest BCUT2D eigenvalue weighted by Gasteiger charge is -2.14. The van der Waals surface area contributed by atoms with Gasteiger partial charge in [-0.3, -0.25) is 4.79 Å². The summed E-state index contributed by atoms with van der Waals surface area (Å²) in [5.41, 5.74) is 2.90. The molecule has 6 heteroatoms. The van der Waals surface area contributed by atoms with Gasteiger partial charge >= 0.3 is 0 Å². The summed E-state index contributed by atoms with van der Waals surface area (Å²) in [7, 11) is 0. The maximum absolute atomic E-state index is 13.3. The van der Waals surface area contributed by atoms with Crippen molar-refractivity contribution in [1.82, 2.24) is 9.97 Å². The normalized spacial score (nSPS) is 15.5. The predicted octanol–water partition coefficient (Wildman–Crippen LogP) is 5.08. The lowest BCUT2D eigenvalue weighted by Crippen LogP contribution is -2.32. The van der Waals surface area contributed by atoms with Gasteiger partial charge in [0.2, 0.25) is 5.13 Å². The Bertz CT molecular complexity index is 1270. The fourth-order valence-electron chi connectivity index (χ4n) is 3.16. The van der Waals surface area contributed by atoms with Crippen LogP contribution in [0.2, 0.25) is 0 Å². The number of amides is 1. The zero-order valence-corrected chi connectivity index (χ0v) is 16.7. The molecule has 30 heavy (non-hydrogen) atoms. The summed E-state index contributed by atoms with van der Waals surface area (Å²) in [6.45, 7) is 0. The number of thiazole rings is 1. The van der Waals surface area contributed by atoms with Gasteiger partial charge in [0.05, 0.1) is 4.70 Å². The first-order chi connectivity index (χ1) is 14.8. The number of aromatic nitrogens is 2. The van der Waals surface area contributed by atoms with Crippen LogP contribution in [0.15, 0.2) is 102 Å². The molecule has 0 atom stereocenters. The molecule has 0 aliphatic carbocycles. The summed E-state index contributed by atoms with van der Waals surface area (Å²) in [5.74, 6) is 0.365. The predicted molar refractivity (Wildman–Crippen MR) is 121 cm³/mol. The molecule has 5 rings (SSSR count). The van der Waals surface area contributed by atoms with Crippen LogP contribution in [0.4, 0.5) is 5.13 Å². The maximum Gasteiger partial charge on any atom is 0.284 e. The van der Waals surface area contributed by atoms with E-state index in [1.807, 2.05) is 84.9 Å². The second-order valence-corrected chi connectivity index (χ2v) is 7.59. The molecular formula is C24H16N4OS. The number of aliphatic imine (C=N–C) groups is 1. The lowest BCUT2D eigenvalue weighted by molar-refractivity contribution is -0.113. The van der Waals surface area contributed by atoms with Gasteiger partial charge < -0.3 is 0 Å². The van der Waals surface area contributed by atoms with Crippen molar-refractivity contribution in [2.75, 3.05) is 4.90 Å². The smallest absolute Gasteiger partial charge is 0.266 e. The Kier molecular flexibility index (Phi) is 4.75. The van der Waals surface area contributed by atoms with Crippen LogP contribution in [-0.2, 0) is 4.79 Å². The topological polar surface area (TPSA) is 58.5 Å². The number of hydrogen-bond acceptors (Lipinski definition) is 5. The highest BCUT2D eigenvalue weighted by molar-refractivity contribution is 7.22. The average Bonchev–Trinajstić information content (AvgIpc) is 3.36. The summed E-state index contributed by atoms with van der Waals surface area (Å²) < 4.78 is 0.925. The third-order valence-electron chi connectivity index (χ3n) is 4.58. The van der Waals surface area contributed by atoms with Crippen LogP contribution in [0.5, 0.6) is 0 Å². The van der Waals surface area contributed by atoms with Gasteiger partial charge in [-0.2, -0.15) is 4.98 Å². The van der Waals surface area contributed by atoms with Crippen LogP contribution in [0.25, 0.3) is 16.4 Å². The first kappa shape index (κ1) is 18.1. The zero-order chi connectivity index (χ0) is 20.3. The first-order valence-corrected chi connectivity index (χ1v) is 10.2. The van der Waals surface area contributed by atoms with Gasteiger partial charge in [-0.1, -0.05) is 84.2 Å². The summed E-state index contributed by atoms with van der Waals surface area (Å²) >= 11 is 1.42. The summed E-state index contributed by atoms with van der Waals surface area (Å²) in [4.78, 5) is 28.3. The molecule has 0 N–H and O–H groups in total. The van der Waals surface area contributed by atoms with E-state index in [2.05, 4.69) is 15.0 Å². The van der Waals surface area contributed by atoms with E-state index in [9.17, 15) is 4.79 Å². The van der Waals surface area contributed by atoms with Crippen molar-refractivity contribution in [1.29, 1.82) is 0 Å². The summed E-state index contributed by atoms with van der Waals surface area (Å²) in [6, 6.07) is 23.4. The highest BCUT2D eigenvalue weighted by Crippen LogP contribution is 2.32. The van der Waals surface area contributed by atoms with Crippen molar-refractivity contribution in [3.05, 3.63) is 108 Å². The number of benzene rings is 2. The Morgan fingerprint density at radius 3 is 2.43 bits per heavy atom. The van der Waals surface area contributed by atoms with Crippen LogP contribution in [0.3, 0.4) is 0 Å². The lowest BCUT2D eigenvalue weighted by atomic mass is 10.2. The van der Waals surface area contributed by atoms with Crippen molar-refractivity contribution in [3.63, 3.8) is 0 Å². The number of rotatable bonds is 4. The van der Waals surface area contributed by atoms with Crippen LogP contribution in [0, 0.1) is 0 Å². The Morgan fingerprint density at radius 1 is 0.900 bits per heavy atom. The number of carbonyl (C=O) groups is 1. The second-order valence-electron chi connectivity index (χ2n) is 6.59. The highest BCUT2D eigenvalue weighted by Gasteiger charge is 2.34. The molecule has 0 saturated carbocycles. The van der Waals surface area contributed by atoms with E-state index in [-0.39, 0.29) is 5.91 Å². The molecule has 2 aromatic heterocycles. The minimum Gasteiger partial charge on any atom is -0.266 e. The molecule has 5 nitrogen and oxygen atoms in total. The Balaban J connectivity index is 1.55. The molecule has 4 aromatic rings. The van der Waals surface area contributed by atoms with Gasteiger partial charge in [0.25, 0.3) is 5.91 Å². The molecule has 1 aliphatic heterocycles. The van der Waals surface area contributed by atoms with Gasteiger partial charge in [-0.25, -0.2) is 14.9 Å². The van der Waals surface area contributed by atoms with Gasteiger partial charge in [0.15, 0.2) is 5.65 Å². The van der Waals surface area contributed by atoms with Gasteiger partial charge in [0.1, 0.15) is 11.5 Å². The first-order valence-electron chi connectivity index (χ1n) is 9.43. The van der Waals surface area contributed by atoms with Crippen LogP contribution in [0.1, 0.15) is 11.1 Å². The largest absolute Gasteiger partial charge is 0.284 e. The molecule has 1 amide bonds.